The van der Waals surface area contributed by atoms with E-state index in [4.69, 9.17) is 0 Å². The molecular formula is C19H29N3O2S. The van der Waals surface area contributed by atoms with Gasteiger partial charge in [-0.3, -0.25) is 4.79 Å². The summed E-state index contributed by atoms with van der Waals surface area (Å²) in [5, 5.41) is 6.31. The zero-order chi connectivity index (χ0) is 17.8. The quantitative estimate of drug-likeness (QED) is 0.863. The molecule has 1 saturated heterocycles. The Labute approximate surface area is 154 Å². The number of hydrogen-bond donors (Lipinski definition) is 2. The fourth-order valence-corrected chi connectivity index (χ4v) is 4.64. The summed E-state index contributed by atoms with van der Waals surface area (Å²) < 4.78 is 0. The van der Waals surface area contributed by atoms with Gasteiger partial charge in [0.05, 0.1) is 4.88 Å². The molecule has 1 aliphatic carbocycles. The highest BCUT2D eigenvalue weighted by Crippen LogP contribution is 2.24. The molecule has 0 radical (unpaired) electrons. The molecule has 138 valence electrons. The van der Waals surface area contributed by atoms with E-state index in [2.05, 4.69) is 17.6 Å². The molecule has 6 heteroatoms. The van der Waals surface area contributed by atoms with Gasteiger partial charge in [0.2, 0.25) is 0 Å². The zero-order valence-corrected chi connectivity index (χ0v) is 16.0. The summed E-state index contributed by atoms with van der Waals surface area (Å²) in [4.78, 5) is 28.5. The molecule has 3 amide bonds. The number of aryl methyl sites for hydroxylation is 1. The summed E-state index contributed by atoms with van der Waals surface area (Å²) in [5.41, 5.74) is 0. The molecule has 3 rings (SSSR count). The molecule has 0 aromatic carbocycles. The molecule has 25 heavy (non-hydrogen) atoms. The van der Waals surface area contributed by atoms with Crippen LogP contribution in [0.2, 0.25) is 0 Å². The third-order valence-corrected chi connectivity index (χ3v) is 6.34. The van der Waals surface area contributed by atoms with Crippen LogP contribution in [0.25, 0.3) is 0 Å². The highest BCUT2D eigenvalue weighted by Gasteiger charge is 2.27. The Bertz CT molecular complexity index is 608. The van der Waals surface area contributed by atoms with Crippen molar-refractivity contribution >= 4 is 23.3 Å². The predicted octanol–water partition coefficient (Wildman–Crippen LogP) is 3.54. The number of carbonyl (C=O) groups is 2. The lowest BCUT2D eigenvalue weighted by Crippen LogP contribution is -2.51. The van der Waals surface area contributed by atoms with E-state index >= 15 is 0 Å². The van der Waals surface area contributed by atoms with Crippen LogP contribution in [0.15, 0.2) is 12.1 Å². The first-order chi connectivity index (χ1) is 12.0. The Hall–Kier alpha value is -1.56. The Kier molecular flexibility index (Phi) is 5.99. The van der Waals surface area contributed by atoms with Crippen LogP contribution in [0, 0.1) is 12.8 Å². The second kappa shape index (κ2) is 8.21. The van der Waals surface area contributed by atoms with E-state index in [-0.39, 0.29) is 18.0 Å². The van der Waals surface area contributed by atoms with Gasteiger partial charge >= 0.3 is 6.03 Å². The number of amides is 3. The Morgan fingerprint density at radius 2 is 1.84 bits per heavy atom. The van der Waals surface area contributed by atoms with E-state index in [1.807, 2.05) is 24.0 Å². The monoisotopic (exact) mass is 363 g/mol. The number of nitrogens with one attached hydrogen (secondary N) is 2. The van der Waals surface area contributed by atoms with Crippen molar-refractivity contribution in [2.24, 2.45) is 5.92 Å². The number of nitrogens with zero attached hydrogens (tertiary/aromatic N) is 1. The first kappa shape index (κ1) is 18.2. The van der Waals surface area contributed by atoms with Crippen molar-refractivity contribution in [3.63, 3.8) is 0 Å². The molecule has 5 nitrogen and oxygen atoms in total. The summed E-state index contributed by atoms with van der Waals surface area (Å²) in [6.07, 6.45) is 6.33. The van der Waals surface area contributed by atoms with Gasteiger partial charge in [-0.25, -0.2) is 4.79 Å². The van der Waals surface area contributed by atoms with Crippen LogP contribution in [0.4, 0.5) is 4.79 Å². The van der Waals surface area contributed by atoms with Crippen LogP contribution < -0.4 is 10.6 Å². The molecule has 0 bridgehead atoms. The lowest BCUT2D eigenvalue weighted by Gasteiger charge is -2.35. The molecule has 2 atom stereocenters. The van der Waals surface area contributed by atoms with Crippen LogP contribution in [0.3, 0.4) is 0 Å². The molecule has 1 saturated carbocycles. The number of carbonyl (C=O) groups excluding carboxylic acids is 2. The number of hydrogen-bond acceptors (Lipinski definition) is 3. The van der Waals surface area contributed by atoms with Crippen LogP contribution in [-0.2, 0) is 0 Å². The van der Waals surface area contributed by atoms with E-state index in [0.717, 1.165) is 35.4 Å². The van der Waals surface area contributed by atoms with Gasteiger partial charge in [0.25, 0.3) is 5.91 Å². The van der Waals surface area contributed by atoms with Gasteiger partial charge in [0.1, 0.15) is 0 Å². The maximum atomic E-state index is 12.5. The number of thiophene rings is 1. The minimum absolute atomic E-state index is 0.0113. The zero-order valence-electron chi connectivity index (χ0n) is 15.2. The highest BCUT2D eigenvalue weighted by molar-refractivity contribution is 7.13. The number of urea groups is 1. The maximum Gasteiger partial charge on any atom is 0.317 e. The molecule has 2 unspecified atom stereocenters. The predicted molar refractivity (Wildman–Crippen MR) is 101 cm³/mol. The fourth-order valence-electron chi connectivity index (χ4n) is 3.87. The summed E-state index contributed by atoms with van der Waals surface area (Å²) in [7, 11) is 0. The van der Waals surface area contributed by atoms with E-state index in [0.29, 0.717) is 25.0 Å². The van der Waals surface area contributed by atoms with Crippen molar-refractivity contribution < 1.29 is 9.59 Å². The molecule has 1 aromatic heterocycles. The SMILES string of the molecule is Cc1ccc(C(=O)NC2CCN(C(=O)NC3CCCC(C)C3)CC2)s1. The summed E-state index contributed by atoms with van der Waals surface area (Å²) in [6.45, 7) is 5.69. The Morgan fingerprint density at radius 3 is 2.48 bits per heavy atom. The van der Waals surface area contributed by atoms with Crippen LogP contribution in [0.1, 0.15) is 60.0 Å². The van der Waals surface area contributed by atoms with Gasteiger partial charge in [0.15, 0.2) is 0 Å². The second-order valence-electron chi connectivity index (χ2n) is 7.56. The Balaban J connectivity index is 1.42. The van der Waals surface area contributed by atoms with Gasteiger partial charge in [-0.1, -0.05) is 19.8 Å². The molecule has 2 fully saturated rings. The smallest absolute Gasteiger partial charge is 0.317 e. The van der Waals surface area contributed by atoms with Crippen molar-refractivity contribution in [3.8, 4) is 0 Å². The second-order valence-corrected chi connectivity index (χ2v) is 8.85. The van der Waals surface area contributed by atoms with E-state index in [9.17, 15) is 9.59 Å². The first-order valence-corrected chi connectivity index (χ1v) is 10.3. The standard InChI is InChI=1S/C19H29N3O2S/c1-13-4-3-5-16(12-13)21-19(24)22-10-8-15(9-11-22)20-18(23)17-7-6-14(2)25-17/h6-7,13,15-16H,3-5,8-12H2,1-2H3,(H,20,23)(H,21,24). The van der Waals surface area contributed by atoms with Crippen molar-refractivity contribution in [3.05, 3.63) is 21.9 Å². The topological polar surface area (TPSA) is 61.4 Å². The molecule has 1 aliphatic heterocycles. The first-order valence-electron chi connectivity index (χ1n) is 9.44. The van der Waals surface area contributed by atoms with E-state index < -0.39 is 0 Å². The van der Waals surface area contributed by atoms with Gasteiger partial charge in [-0.05, 0) is 50.7 Å². The van der Waals surface area contributed by atoms with Gasteiger partial charge in [-0.2, -0.15) is 0 Å². The lowest BCUT2D eigenvalue weighted by molar-refractivity contribution is 0.0921. The average molecular weight is 364 g/mol. The van der Waals surface area contributed by atoms with E-state index in [1.165, 1.54) is 24.2 Å². The molecule has 2 N–H and O–H groups in total. The normalized spacial score (nSPS) is 24.8. The molecule has 1 aromatic rings. The van der Waals surface area contributed by atoms with Crippen molar-refractivity contribution in [1.29, 1.82) is 0 Å². The minimum Gasteiger partial charge on any atom is -0.348 e. The van der Waals surface area contributed by atoms with Crippen molar-refractivity contribution in [2.45, 2.75) is 64.5 Å². The summed E-state index contributed by atoms with van der Waals surface area (Å²) in [5.74, 6) is 0.720. The van der Waals surface area contributed by atoms with E-state index in [1.54, 1.807) is 0 Å². The van der Waals surface area contributed by atoms with Crippen molar-refractivity contribution in [2.75, 3.05) is 13.1 Å². The van der Waals surface area contributed by atoms with Crippen molar-refractivity contribution in [1.82, 2.24) is 15.5 Å². The van der Waals surface area contributed by atoms with Gasteiger partial charge < -0.3 is 15.5 Å². The Morgan fingerprint density at radius 1 is 1.08 bits per heavy atom. The molecule has 0 spiro atoms. The van der Waals surface area contributed by atoms with Crippen LogP contribution in [-0.4, -0.2) is 42.0 Å². The minimum atomic E-state index is 0.0113. The van der Waals surface area contributed by atoms with Gasteiger partial charge in [-0.15, -0.1) is 11.3 Å². The summed E-state index contributed by atoms with van der Waals surface area (Å²) in [6, 6.07) is 4.41. The fraction of sp³-hybridized carbons (Fsp3) is 0.684. The number of piperidine rings is 1. The number of rotatable bonds is 3. The third-order valence-electron chi connectivity index (χ3n) is 5.35. The van der Waals surface area contributed by atoms with Gasteiger partial charge in [0, 0.05) is 30.1 Å². The third kappa shape index (κ3) is 4.97. The maximum absolute atomic E-state index is 12.5. The molecule has 2 aliphatic rings. The average Bonchev–Trinajstić information content (AvgIpc) is 3.02. The van der Waals surface area contributed by atoms with Crippen LogP contribution >= 0.6 is 11.3 Å². The molecular weight excluding hydrogens is 334 g/mol. The summed E-state index contributed by atoms with van der Waals surface area (Å²) >= 11 is 1.52. The van der Waals surface area contributed by atoms with Crippen LogP contribution in [0.5, 0.6) is 0 Å². The highest BCUT2D eigenvalue weighted by atomic mass is 32.1. The lowest BCUT2D eigenvalue weighted by atomic mass is 9.87. The largest absolute Gasteiger partial charge is 0.348 e. The molecule has 2 heterocycles. The number of likely N-dealkylation sites (tertiary alicyclic amines) is 1.